The average Bonchev–Trinajstić information content (AvgIpc) is 2.45. The smallest absolute Gasteiger partial charge is 0.339 e. The number of nitriles is 1. The highest BCUT2D eigenvalue weighted by atomic mass is 32.1. The van der Waals surface area contributed by atoms with Crippen LogP contribution in [0.15, 0.2) is 5.38 Å². The van der Waals surface area contributed by atoms with Gasteiger partial charge in [0.05, 0.1) is 12.7 Å². The van der Waals surface area contributed by atoms with E-state index >= 15 is 0 Å². The number of methoxy groups -OCH3 is 1. The summed E-state index contributed by atoms with van der Waals surface area (Å²) >= 11 is 1.26. The minimum atomic E-state index is -0.384. The highest BCUT2D eigenvalue weighted by molar-refractivity contribution is 7.11. The van der Waals surface area contributed by atoms with E-state index in [0.717, 1.165) is 0 Å². The first-order valence-corrected chi connectivity index (χ1v) is 4.15. The van der Waals surface area contributed by atoms with Crippen molar-refractivity contribution in [3.63, 3.8) is 0 Å². The van der Waals surface area contributed by atoms with E-state index < -0.39 is 0 Å². The number of hydrogen-bond acceptors (Lipinski definition) is 4. The van der Waals surface area contributed by atoms with E-state index in [4.69, 9.17) is 5.26 Å². The van der Waals surface area contributed by atoms with Crippen molar-refractivity contribution < 1.29 is 9.53 Å². The van der Waals surface area contributed by atoms with Gasteiger partial charge in [-0.2, -0.15) is 5.26 Å². The van der Waals surface area contributed by atoms with Gasteiger partial charge in [-0.05, 0) is 12.5 Å². The lowest BCUT2D eigenvalue weighted by Crippen LogP contribution is -2.01. The highest BCUT2D eigenvalue weighted by Gasteiger charge is 2.13. The van der Waals surface area contributed by atoms with Crippen molar-refractivity contribution in [3.05, 3.63) is 21.4 Å². The van der Waals surface area contributed by atoms with Crippen LogP contribution in [0.1, 0.15) is 20.8 Å². The van der Waals surface area contributed by atoms with Crippen LogP contribution in [-0.4, -0.2) is 13.1 Å². The van der Waals surface area contributed by atoms with Crippen LogP contribution in [0.25, 0.3) is 0 Å². The number of rotatable bonds is 1. The fourth-order valence-electron chi connectivity index (χ4n) is 0.838. The Kier molecular flexibility index (Phi) is 2.46. The molecule has 0 amide bonds. The van der Waals surface area contributed by atoms with Crippen LogP contribution in [0.5, 0.6) is 0 Å². The molecule has 1 aromatic rings. The summed E-state index contributed by atoms with van der Waals surface area (Å²) in [6.45, 7) is 1.74. The molecule has 0 saturated carbocycles. The molecule has 1 heterocycles. The third kappa shape index (κ3) is 1.31. The molecule has 0 fully saturated rings. The quantitative estimate of drug-likeness (QED) is 0.620. The maximum atomic E-state index is 11.0. The minimum Gasteiger partial charge on any atom is -0.465 e. The maximum absolute atomic E-state index is 11.0. The average molecular weight is 181 g/mol. The SMILES string of the molecule is COC(=O)c1csc(C#N)c1C. The molecular weight excluding hydrogens is 174 g/mol. The Balaban J connectivity index is 3.12. The summed E-state index contributed by atoms with van der Waals surface area (Å²) in [6, 6.07) is 2.01. The first-order chi connectivity index (χ1) is 5.70. The summed E-state index contributed by atoms with van der Waals surface area (Å²) in [5, 5.41) is 10.2. The largest absolute Gasteiger partial charge is 0.465 e. The Morgan fingerprint density at radius 2 is 2.42 bits per heavy atom. The molecular formula is C8H7NO2S. The first-order valence-electron chi connectivity index (χ1n) is 3.27. The summed E-state index contributed by atoms with van der Waals surface area (Å²) in [5.74, 6) is -0.384. The third-order valence-corrected chi connectivity index (χ3v) is 2.53. The Bertz CT molecular complexity index is 348. The summed E-state index contributed by atoms with van der Waals surface area (Å²) in [7, 11) is 1.32. The van der Waals surface area contributed by atoms with Gasteiger partial charge < -0.3 is 4.74 Å². The van der Waals surface area contributed by atoms with Crippen LogP contribution in [0, 0.1) is 18.3 Å². The third-order valence-electron chi connectivity index (χ3n) is 1.55. The zero-order chi connectivity index (χ0) is 9.14. The standard InChI is InChI=1S/C8H7NO2S/c1-5-6(8(10)11-2)4-12-7(5)3-9/h4H,1-2H3. The van der Waals surface area contributed by atoms with Gasteiger partial charge in [-0.1, -0.05) is 0 Å². The number of carbonyl (C=O) groups is 1. The van der Waals surface area contributed by atoms with E-state index in [-0.39, 0.29) is 5.97 Å². The second kappa shape index (κ2) is 3.37. The molecule has 12 heavy (non-hydrogen) atoms. The summed E-state index contributed by atoms with van der Waals surface area (Å²) < 4.78 is 4.53. The van der Waals surface area contributed by atoms with E-state index in [2.05, 4.69) is 4.74 Å². The number of hydrogen-bond donors (Lipinski definition) is 0. The lowest BCUT2D eigenvalue weighted by atomic mass is 10.2. The molecule has 0 radical (unpaired) electrons. The lowest BCUT2D eigenvalue weighted by Gasteiger charge is -1.95. The minimum absolute atomic E-state index is 0.384. The van der Waals surface area contributed by atoms with Crippen molar-refractivity contribution in [3.8, 4) is 6.07 Å². The maximum Gasteiger partial charge on any atom is 0.339 e. The number of carbonyl (C=O) groups excluding carboxylic acids is 1. The molecule has 4 heteroatoms. The first kappa shape index (κ1) is 8.75. The van der Waals surface area contributed by atoms with Gasteiger partial charge in [0.1, 0.15) is 10.9 Å². The number of esters is 1. The molecule has 0 bridgehead atoms. The van der Waals surface area contributed by atoms with Gasteiger partial charge in [-0.25, -0.2) is 4.79 Å². The molecule has 0 atom stereocenters. The second-order valence-corrected chi connectivity index (χ2v) is 3.09. The van der Waals surface area contributed by atoms with Crippen LogP contribution in [0.4, 0.5) is 0 Å². The Hall–Kier alpha value is -1.34. The van der Waals surface area contributed by atoms with E-state index in [1.54, 1.807) is 12.3 Å². The Labute approximate surface area is 74.2 Å². The monoisotopic (exact) mass is 181 g/mol. The normalized spacial score (nSPS) is 9.08. The van der Waals surface area contributed by atoms with Crippen molar-refractivity contribution in [2.24, 2.45) is 0 Å². The molecule has 0 aliphatic heterocycles. The van der Waals surface area contributed by atoms with E-state index in [0.29, 0.717) is 16.0 Å². The summed E-state index contributed by atoms with van der Waals surface area (Å²) in [5.41, 5.74) is 1.19. The van der Waals surface area contributed by atoms with Gasteiger partial charge in [0.25, 0.3) is 0 Å². The van der Waals surface area contributed by atoms with Crippen molar-refractivity contribution >= 4 is 17.3 Å². The zero-order valence-electron chi connectivity index (χ0n) is 6.75. The fraction of sp³-hybridized carbons (Fsp3) is 0.250. The predicted molar refractivity (Wildman–Crippen MR) is 45.1 cm³/mol. The predicted octanol–water partition coefficient (Wildman–Crippen LogP) is 1.71. The van der Waals surface area contributed by atoms with Gasteiger partial charge in [0.15, 0.2) is 0 Å². The van der Waals surface area contributed by atoms with Gasteiger partial charge >= 0.3 is 5.97 Å². The second-order valence-electron chi connectivity index (χ2n) is 2.21. The van der Waals surface area contributed by atoms with Crippen molar-refractivity contribution in [2.75, 3.05) is 7.11 Å². The molecule has 0 aliphatic rings. The van der Waals surface area contributed by atoms with Gasteiger partial charge in [-0.15, -0.1) is 11.3 Å². The number of thiophene rings is 1. The number of nitrogens with zero attached hydrogens (tertiary/aromatic N) is 1. The van der Waals surface area contributed by atoms with Gasteiger partial charge in [0, 0.05) is 5.38 Å². The van der Waals surface area contributed by atoms with Crippen LogP contribution in [0.2, 0.25) is 0 Å². The Morgan fingerprint density at radius 3 is 2.83 bits per heavy atom. The fourth-order valence-corrected chi connectivity index (χ4v) is 1.69. The van der Waals surface area contributed by atoms with Crippen molar-refractivity contribution in [1.82, 2.24) is 0 Å². The molecule has 0 saturated heterocycles. The Morgan fingerprint density at radius 1 is 1.75 bits per heavy atom. The molecule has 62 valence electrons. The summed E-state index contributed by atoms with van der Waals surface area (Å²) in [4.78, 5) is 11.6. The van der Waals surface area contributed by atoms with Gasteiger partial charge in [0.2, 0.25) is 0 Å². The van der Waals surface area contributed by atoms with E-state index in [1.165, 1.54) is 18.4 Å². The number of ether oxygens (including phenoxy) is 1. The molecule has 3 nitrogen and oxygen atoms in total. The van der Waals surface area contributed by atoms with Crippen molar-refractivity contribution in [1.29, 1.82) is 5.26 Å². The molecule has 1 aromatic heterocycles. The van der Waals surface area contributed by atoms with Crippen molar-refractivity contribution in [2.45, 2.75) is 6.92 Å². The topological polar surface area (TPSA) is 50.1 Å². The van der Waals surface area contributed by atoms with Crippen LogP contribution in [0.3, 0.4) is 0 Å². The van der Waals surface area contributed by atoms with Crippen LogP contribution >= 0.6 is 11.3 Å². The molecule has 0 aromatic carbocycles. The summed E-state index contributed by atoms with van der Waals surface area (Å²) in [6.07, 6.45) is 0. The van der Waals surface area contributed by atoms with Crippen LogP contribution in [-0.2, 0) is 4.74 Å². The molecule has 1 rings (SSSR count). The van der Waals surface area contributed by atoms with Crippen LogP contribution < -0.4 is 0 Å². The molecule has 0 unspecified atom stereocenters. The lowest BCUT2D eigenvalue weighted by molar-refractivity contribution is 0.0600. The molecule has 0 spiro atoms. The molecule has 0 N–H and O–H groups in total. The van der Waals surface area contributed by atoms with E-state index in [1.807, 2.05) is 6.07 Å². The van der Waals surface area contributed by atoms with E-state index in [9.17, 15) is 4.79 Å². The molecule has 0 aliphatic carbocycles. The highest BCUT2D eigenvalue weighted by Crippen LogP contribution is 2.21. The zero-order valence-corrected chi connectivity index (χ0v) is 7.57. The van der Waals surface area contributed by atoms with Gasteiger partial charge in [-0.3, -0.25) is 0 Å².